The molecule has 1 aromatic rings. The summed E-state index contributed by atoms with van der Waals surface area (Å²) >= 11 is 0. The van der Waals surface area contributed by atoms with Crippen LogP contribution >= 0.6 is 0 Å². The van der Waals surface area contributed by atoms with E-state index in [4.69, 9.17) is 0 Å². The number of ketones is 1. The Kier molecular flexibility index (Phi) is 2.21. The summed E-state index contributed by atoms with van der Waals surface area (Å²) in [5.74, 6) is -1.59. The second-order valence-corrected chi connectivity index (χ2v) is 2.89. The van der Waals surface area contributed by atoms with E-state index in [-0.39, 0.29) is 5.90 Å². The Labute approximate surface area is 85.9 Å². The molecule has 0 aromatic heterocycles. The molecule has 1 amide bonds. The Morgan fingerprint density at radius 3 is 2.40 bits per heavy atom. The van der Waals surface area contributed by atoms with Crippen LogP contribution in [0, 0.1) is 0 Å². The van der Waals surface area contributed by atoms with Crippen molar-refractivity contribution in [1.82, 2.24) is 0 Å². The molecule has 0 aliphatic carbocycles. The fraction of sp³-hybridized carbons (Fsp3) is 0.100. The van der Waals surface area contributed by atoms with Crippen LogP contribution in [0.15, 0.2) is 35.4 Å². The van der Waals surface area contributed by atoms with Crippen LogP contribution in [0.4, 0.5) is 5.69 Å². The minimum atomic E-state index is -0.721. The molecule has 1 aromatic carbocycles. The Hall–Kier alpha value is -2.17. The second kappa shape index (κ2) is 3.53. The van der Waals surface area contributed by atoms with E-state index in [1.165, 1.54) is 7.11 Å². The van der Waals surface area contributed by atoms with E-state index >= 15 is 0 Å². The SMILES string of the molecule is COC1=NN(c2ccccc2)C(=O)C1=O. The topological polar surface area (TPSA) is 59.0 Å². The Morgan fingerprint density at radius 2 is 1.87 bits per heavy atom. The van der Waals surface area contributed by atoms with E-state index in [0.717, 1.165) is 5.01 Å². The van der Waals surface area contributed by atoms with E-state index in [0.29, 0.717) is 5.69 Å². The summed E-state index contributed by atoms with van der Waals surface area (Å²) in [6.07, 6.45) is 0. The van der Waals surface area contributed by atoms with Gasteiger partial charge in [-0.25, -0.2) is 0 Å². The monoisotopic (exact) mass is 204 g/mol. The third-order valence-corrected chi connectivity index (χ3v) is 1.97. The van der Waals surface area contributed by atoms with Gasteiger partial charge in [-0.05, 0) is 12.1 Å². The number of Topliss-reactive ketones (excluding diaryl/α,β-unsaturated/α-hetero) is 1. The fourth-order valence-electron chi connectivity index (χ4n) is 1.25. The van der Waals surface area contributed by atoms with Gasteiger partial charge in [0.15, 0.2) is 0 Å². The maximum Gasteiger partial charge on any atom is 0.325 e. The van der Waals surface area contributed by atoms with E-state index in [1.54, 1.807) is 24.3 Å². The van der Waals surface area contributed by atoms with Crippen molar-refractivity contribution >= 4 is 23.3 Å². The smallest absolute Gasteiger partial charge is 0.325 e. The third kappa shape index (κ3) is 1.48. The molecule has 0 radical (unpaired) electrons. The molecule has 0 unspecified atom stereocenters. The molecule has 0 bridgehead atoms. The predicted molar refractivity (Wildman–Crippen MR) is 53.4 cm³/mol. The fourth-order valence-corrected chi connectivity index (χ4v) is 1.25. The van der Waals surface area contributed by atoms with Crippen molar-refractivity contribution < 1.29 is 14.3 Å². The van der Waals surface area contributed by atoms with Crippen molar-refractivity contribution in [2.24, 2.45) is 5.10 Å². The molecule has 0 spiro atoms. The van der Waals surface area contributed by atoms with E-state index in [2.05, 4.69) is 9.84 Å². The van der Waals surface area contributed by atoms with Gasteiger partial charge in [-0.15, -0.1) is 5.10 Å². The Bertz CT molecular complexity index is 439. The summed E-state index contributed by atoms with van der Waals surface area (Å²) in [5, 5.41) is 4.80. The maximum absolute atomic E-state index is 11.5. The van der Waals surface area contributed by atoms with Crippen LogP contribution in [0.2, 0.25) is 0 Å². The molecule has 1 aliphatic rings. The molecule has 0 saturated carbocycles. The molecule has 5 nitrogen and oxygen atoms in total. The number of nitrogens with zero attached hydrogens (tertiary/aromatic N) is 2. The highest BCUT2D eigenvalue weighted by atomic mass is 16.5. The number of para-hydroxylation sites is 1. The minimum absolute atomic E-state index is 0.177. The predicted octanol–water partition coefficient (Wildman–Crippen LogP) is 0.562. The molecule has 15 heavy (non-hydrogen) atoms. The molecule has 1 heterocycles. The first-order chi connectivity index (χ1) is 7.24. The summed E-state index contributed by atoms with van der Waals surface area (Å²) in [6.45, 7) is 0. The molecule has 0 N–H and O–H groups in total. The Morgan fingerprint density at radius 1 is 1.20 bits per heavy atom. The molecule has 1 aliphatic heterocycles. The van der Waals surface area contributed by atoms with Gasteiger partial charge in [-0.2, -0.15) is 5.01 Å². The highest BCUT2D eigenvalue weighted by Crippen LogP contribution is 2.18. The van der Waals surface area contributed by atoms with Crippen LogP contribution in [0.25, 0.3) is 0 Å². The number of ether oxygens (including phenoxy) is 1. The van der Waals surface area contributed by atoms with E-state index in [1.807, 2.05) is 6.07 Å². The first-order valence-corrected chi connectivity index (χ1v) is 4.30. The van der Waals surface area contributed by atoms with E-state index < -0.39 is 11.7 Å². The number of anilines is 1. The van der Waals surface area contributed by atoms with Gasteiger partial charge in [0.1, 0.15) is 0 Å². The van der Waals surface area contributed by atoms with Crippen LogP contribution in [0.1, 0.15) is 0 Å². The zero-order valence-corrected chi connectivity index (χ0v) is 8.01. The van der Waals surface area contributed by atoms with Gasteiger partial charge in [0.25, 0.3) is 5.90 Å². The summed E-state index contributed by atoms with van der Waals surface area (Å²) < 4.78 is 4.68. The third-order valence-electron chi connectivity index (χ3n) is 1.97. The molecule has 0 fully saturated rings. The number of hydrazone groups is 1. The number of carbonyl (C=O) groups excluding carboxylic acids is 2. The van der Waals surface area contributed by atoms with Gasteiger partial charge in [-0.3, -0.25) is 9.59 Å². The van der Waals surface area contributed by atoms with Gasteiger partial charge in [0, 0.05) is 0 Å². The standard InChI is InChI=1S/C10H8N2O3/c1-15-9-8(13)10(14)12(11-9)7-5-3-2-4-6-7/h2-6H,1H3. The van der Waals surface area contributed by atoms with Crippen LogP contribution in [0.3, 0.4) is 0 Å². The molecule has 5 heteroatoms. The average Bonchev–Trinajstić information content (AvgIpc) is 2.57. The van der Waals surface area contributed by atoms with Crippen molar-refractivity contribution in [3.05, 3.63) is 30.3 Å². The number of methoxy groups -OCH3 is 1. The number of rotatable bonds is 1. The van der Waals surface area contributed by atoms with Gasteiger partial charge in [0.05, 0.1) is 12.8 Å². The number of benzene rings is 1. The Balaban J connectivity index is 2.37. The van der Waals surface area contributed by atoms with E-state index in [9.17, 15) is 9.59 Å². The second-order valence-electron chi connectivity index (χ2n) is 2.89. The largest absolute Gasteiger partial charge is 0.477 e. The lowest BCUT2D eigenvalue weighted by molar-refractivity contribution is -0.132. The lowest BCUT2D eigenvalue weighted by atomic mass is 10.3. The molecular weight excluding hydrogens is 196 g/mol. The molecule has 2 rings (SSSR count). The number of carbonyl (C=O) groups is 2. The van der Waals surface area contributed by atoms with Crippen molar-refractivity contribution in [1.29, 1.82) is 0 Å². The van der Waals surface area contributed by atoms with Crippen molar-refractivity contribution in [3.63, 3.8) is 0 Å². The van der Waals surface area contributed by atoms with Crippen LogP contribution in [-0.4, -0.2) is 24.7 Å². The number of hydrogen-bond acceptors (Lipinski definition) is 4. The zero-order chi connectivity index (χ0) is 10.8. The molecule has 0 atom stereocenters. The average molecular weight is 204 g/mol. The van der Waals surface area contributed by atoms with Crippen molar-refractivity contribution in [3.8, 4) is 0 Å². The highest BCUT2D eigenvalue weighted by Gasteiger charge is 2.35. The van der Waals surface area contributed by atoms with Crippen molar-refractivity contribution in [2.45, 2.75) is 0 Å². The van der Waals surface area contributed by atoms with Crippen molar-refractivity contribution in [2.75, 3.05) is 12.1 Å². The van der Waals surface area contributed by atoms with Gasteiger partial charge < -0.3 is 4.74 Å². The zero-order valence-electron chi connectivity index (χ0n) is 8.01. The number of hydrogen-bond donors (Lipinski definition) is 0. The van der Waals surface area contributed by atoms with Crippen LogP contribution in [0.5, 0.6) is 0 Å². The first-order valence-electron chi connectivity index (χ1n) is 4.30. The lowest BCUT2D eigenvalue weighted by Crippen LogP contribution is -2.27. The summed E-state index contributed by atoms with van der Waals surface area (Å²) in [6, 6.07) is 8.70. The summed E-state index contributed by atoms with van der Waals surface area (Å²) in [4.78, 5) is 22.7. The first kappa shape index (κ1) is 9.39. The normalized spacial score (nSPS) is 15.5. The molecule has 76 valence electrons. The van der Waals surface area contributed by atoms with Gasteiger partial charge in [0.2, 0.25) is 0 Å². The van der Waals surface area contributed by atoms with Crippen LogP contribution in [-0.2, 0) is 14.3 Å². The lowest BCUT2D eigenvalue weighted by Gasteiger charge is -2.08. The van der Waals surface area contributed by atoms with Gasteiger partial charge in [-0.1, -0.05) is 18.2 Å². The number of amides is 1. The minimum Gasteiger partial charge on any atom is -0.477 e. The highest BCUT2D eigenvalue weighted by molar-refractivity contribution is 6.67. The quantitative estimate of drug-likeness (QED) is 0.628. The summed E-state index contributed by atoms with van der Waals surface area (Å²) in [7, 11) is 1.30. The molecule has 0 saturated heterocycles. The van der Waals surface area contributed by atoms with Crippen LogP contribution < -0.4 is 5.01 Å². The van der Waals surface area contributed by atoms with Gasteiger partial charge >= 0.3 is 11.7 Å². The maximum atomic E-state index is 11.5. The summed E-state index contributed by atoms with van der Waals surface area (Å²) in [5.41, 5.74) is 0.544. The molecular formula is C10H8N2O3.